The Kier molecular flexibility index (Phi) is 5.15. The summed E-state index contributed by atoms with van der Waals surface area (Å²) in [5, 5.41) is 10.9. The second-order valence-corrected chi connectivity index (χ2v) is 8.50. The van der Waals surface area contributed by atoms with Crippen molar-refractivity contribution in [3.05, 3.63) is 68.8 Å². The Morgan fingerprint density at radius 2 is 2.10 bits per heavy atom. The van der Waals surface area contributed by atoms with Crippen LogP contribution in [0.5, 0.6) is 0 Å². The van der Waals surface area contributed by atoms with Crippen molar-refractivity contribution >= 4 is 27.5 Å². The highest BCUT2D eigenvalue weighted by Gasteiger charge is 2.31. The lowest BCUT2D eigenvalue weighted by Crippen LogP contribution is -2.28. The largest absolute Gasteiger partial charge is 0.481 e. The molecular formula is C23H23NO4S. The number of aryl methyl sites for hydroxylation is 2. The number of carbonyl (C=O) groups is 1. The van der Waals surface area contributed by atoms with Gasteiger partial charge < -0.3 is 14.4 Å². The van der Waals surface area contributed by atoms with E-state index >= 15 is 0 Å². The van der Waals surface area contributed by atoms with Gasteiger partial charge in [-0.3, -0.25) is 9.59 Å². The number of carboxylic acid groups (broad SMARTS) is 1. The zero-order valence-electron chi connectivity index (χ0n) is 16.5. The Morgan fingerprint density at radius 3 is 2.76 bits per heavy atom. The number of allylic oxidation sites excluding steroid dienone is 1. The second kappa shape index (κ2) is 7.61. The molecule has 1 aromatic carbocycles. The number of aromatic nitrogens is 1. The summed E-state index contributed by atoms with van der Waals surface area (Å²) in [5.41, 5.74) is 3.97. The van der Waals surface area contributed by atoms with Crippen LogP contribution >= 0.6 is 11.3 Å². The van der Waals surface area contributed by atoms with Crippen LogP contribution in [0.3, 0.4) is 0 Å². The first kappa shape index (κ1) is 19.6. The molecule has 4 rings (SSSR count). The predicted octanol–water partition coefficient (Wildman–Crippen LogP) is 4.39. The van der Waals surface area contributed by atoms with E-state index < -0.39 is 11.9 Å². The van der Waals surface area contributed by atoms with Crippen molar-refractivity contribution in [1.82, 2.24) is 4.57 Å². The molecule has 1 aliphatic rings. The SMILES string of the molecule is C=CCC(C(=O)O)c1c(-c2ccc(C)cc2)c2c3c(sc2n(C)c1=O)COCC3. The van der Waals surface area contributed by atoms with Gasteiger partial charge in [0.05, 0.1) is 19.1 Å². The normalized spacial score (nSPS) is 14.6. The maximum atomic E-state index is 13.4. The zero-order chi connectivity index (χ0) is 20.7. The fourth-order valence-corrected chi connectivity index (χ4v) is 5.33. The van der Waals surface area contributed by atoms with Crippen LogP contribution in [0.25, 0.3) is 21.3 Å². The molecule has 150 valence electrons. The van der Waals surface area contributed by atoms with E-state index in [1.807, 2.05) is 31.2 Å². The van der Waals surface area contributed by atoms with E-state index in [-0.39, 0.29) is 12.0 Å². The molecular weight excluding hydrogens is 386 g/mol. The van der Waals surface area contributed by atoms with Gasteiger partial charge in [0.15, 0.2) is 0 Å². The molecule has 0 fully saturated rings. The fraction of sp³-hybridized carbons (Fsp3) is 0.304. The van der Waals surface area contributed by atoms with Crippen molar-refractivity contribution in [1.29, 1.82) is 0 Å². The predicted molar refractivity (Wildman–Crippen MR) is 116 cm³/mol. The highest BCUT2D eigenvalue weighted by Crippen LogP contribution is 2.43. The lowest BCUT2D eigenvalue weighted by atomic mass is 9.86. The summed E-state index contributed by atoms with van der Waals surface area (Å²) in [4.78, 5) is 27.5. The van der Waals surface area contributed by atoms with Gasteiger partial charge in [-0.2, -0.15) is 0 Å². The number of nitrogens with zero attached hydrogens (tertiary/aromatic N) is 1. The Labute approximate surface area is 172 Å². The van der Waals surface area contributed by atoms with Gasteiger partial charge in [-0.05, 0) is 30.9 Å². The summed E-state index contributed by atoms with van der Waals surface area (Å²) in [6.07, 6.45) is 2.52. The molecule has 0 saturated carbocycles. The Hall–Kier alpha value is -2.70. The first-order valence-electron chi connectivity index (χ1n) is 9.59. The van der Waals surface area contributed by atoms with Gasteiger partial charge in [0.2, 0.25) is 0 Å². The number of hydrogen-bond acceptors (Lipinski definition) is 4. The van der Waals surface area contributed by atoms with E-state index in [2.05, 4.69) is 6.58 Å². The van der Waals surface area contributed by atoms with E-state index in [1.54, 1.807) is 29.0 Å². The van der Waals surface area contributed by atoms with Gasteiger partial charge in [-0.25, -0.2) is 0 Å². The minimum absolute atomic E-state index is 0.199. The number of hydrogen-bond donors (Lipinski definition) is 1. The van der Waals surface area contributed by atoms with Crippen molar-refractivity contribution in [2.45, 2.75) is 32.3 Å². The van der Waals surface area contributed by atoms with E-state index in [1.165, 1.54) is 5.56 Å². The quantitative estimate of drug-likeness (QED) is 0.635. The number of thiophene rings is 1. The third kappa shape index (κ3) is 3.22. The number of benzene rings is 1. The molecule has 1 aliphatic heterocycles. The molecule has 5 nitrogen and oxygen atoms in total. The smallest absolute Gasteiger partial charge is 0.311 e. The highest BCUT2D eigenvalue weighted by molar-refractivity contribution is 7.19. The van der Waals surface area contributed by atoms with E-state index in [0.717, 1.165) is 38.2 Å². The average molecular weight is 410 g/mol. The summed E-state index contributed by atoms with van der Waals surface area (Å²) < 4.78 is 7.23. The van der Waals surface area contributed by atoms with Crippen molar-refractivity contribution < 1.29 is 14.6 Å². The first-order chi connectivity index (χ1) is 13.9. The first-order valence-corrected chi connectivity index (χ1v) is 10.4. The van der Waals surface area contributed by atoms with Crippen molar-refractivity contribution in [2.24, 2.45) is 7.05 Å². The maximum Gasteiger partial charge on any atom is 0.311 e. The monoisotopic (exact) mass is 409 g/mol. The molecule has 0 saturated heterocycles. The van der Waals surface area contributed by atoms with Gasteiger partial charge in [-0.15, -0.1) is 17.9 Å². The lowest BCUT2D eigenvalue weighted by Gasteiger charge is -2.20. The number of ether oxygens (including phenoxy) is 1. The van der Waals surface area contributed by atoms with Crippen LogP contribution in [0.4, 0.5) is 0 Å². The summed E-state index contributed by atoms with van der Waals surface area (Å²) in [5.74, 6) is -1.95. The van der Waals surface area contributed by atoms with Gasteiger partial charge in [0.1, 0.15) is 4.83 Å². The maximum absolute atomic E-state index is 13.4. The second-order valence-electron chi connectivity index (χ2n) is 7.42. The van der Waals surface area contributed by atoms with Crippen LogP contribution in [-0.2, 0) is 29.6 Å². The Bertz CT molecular complexity index is 1170. The highest BCUT2D eigenvalue weighted by atomic mass is 32.1. The van der Waals surface area contributed by atoms with Crippen LogP contribution in [0, 0.1) is 6.92 Å². The number of aliphatic carboxylic acids is 1. The van der Waals surface area contributed by atoms with Crippen LogP contribution in [0.2, 0.25) is 0 Å². The van der Waals surface area contributed by atoms with Crippen molar-refractivity contribution in [2.75, 3.05) is 6.61 Å². The number of rotatable bonds is 5. The van der Waals surface area contributed by atoms with E-state index in [4.69, 9.17) is 4.74 Å². The van der Waals surface area contributed by atoms with Gasteiger partial charge in [-0.1, -0.05) is 35.9 Å². The third-order valence-electron chi connectivity index (χ3n) is 5.55. The van der Waals surface area contributed by atoms with Gasteiger partial charge in [0.25, 0.3) is 5.56 Å². The number of fused-ring (bicyclic) bond motifs is 3. The molecule has 2 aromatic heterocycles. The standard InChI is InChI=1S/C23H23NO4S/c1-4-5-16(23(26)27)19-18(14-8-6-13(2)7-9-14)20-15-10-11-28-12-17(15)29-22(20)24(3)21(19)25/h4,6-9,16H,1,5,10-12H2,2-3H3,(H,26,27). The van der Waals surface area contributed by atoms with Crippen LogP contribution in [-0.4, -0.2) is 22.2 Å². The lowest BCUT2D eigenvalue weighted by molar-refractivity contribution is -0.138. The molecule has 0 amide bonds. The minimum atomic E-state index is -1.01. The average Bonchev–Trinajstić information content (AvgIpc) is 3.09. The molecule has 3 heterocycles. The molecule has 0 bridgehead atoms. The molecule has 1 atom stereocenters. The van der Waals surface area contributed by atoms with Gasteiger partial charge >= 0.3 is 5.97 Å². The van der Waals surface area contributed by atoms with E-state index in [0.29, 0.717) is 18.8 Å². The molecule has 29 heavy (non-hydrogen) atoms. The third-order valence-corrected chi connectivity index (χ3v) is 6.83. The fourth-order valence-electron chi connectivity index (χ4n) is 4.08. The topological polar surface area (TPSA) is 68.5 Å². The van der Waals surface area contributed by atoms with Crippen molar-refractivity contribution in [3.8, 4) is 11.1 Å². The van der Waals surface area contributed by atoms with Gasteiger partial charge in [0, 0.05) is 28.4 Å². The molecule has 0 spiro atoms. The molecule has 3 aromatic rings. The van der Waals surface area contributed by atoms with Crippen LogP contribution in [0.1, 0.15) is 33.9 Å². The number of carboxylic acids is 1. The Balaban J connectivity index is 2.18. The zero-order valence-corrected chi connectivity index (χ0v) is 17.3. The summed E-state index contributed by atoms with van der Waals surface area (Å²) in [7, 11) is 1.72. The molecule has 0 aliphatic carbocycles. The van der Waals surface area contributed by atoms with Crippen LogP contribution < -0.4 is 5.56 Å². The van der Waals surface area contributed by atoms with Crippen LogP contribution in [0.15, 0.2) is 41.7 Å². The summed E-state index contributed by atoms with van der Waals surface area (Å²) in [6.45, 7) is 6.87. The summed E-state index contributed by atoms with van der Waals surface area (Å²) >= 11 is 1.57. The van der Waals surface area contributed by atoms with E-state index in [9.17, 15) is 14.7 Å². The molecule has 6 heteroatoms. The van der Waals surface area contributed by atoms with Crippen molar-refractivity contribution in [3.63, 3.8) is 0 Å². The summed E-state index contributed by atoms with van der Waals surface area (Å²) in [6, 6.07) is 7.94. The Morgan fingerprint density at radius 1 is 1.38 bits per heavy atom. The molecule has 1 unspecified atom stereocenters. The minimum Gasteiger partial charge on any atom is -0.481 e. The number of pyridine rings is 1. The molecule has 0 radical (unpaired) electrons. The molecule has 1 N–H and O–H groups in total.